The van der Waals surface area contributed by atoms with E-state index in [1.54, 1.807) is 24.3 Å². The van der Waals surface area contributed by atoms with E-state index in [4.69, 9.17) is 0 Å². The van der Waals surface area contributed by atoms with Gasteiger partial charge < -0.3 is 15.0 Å². The lowest BCUT2D eigenvalue weighted by Crippen LogP contribution is -2.35. The van der Waals surface area contributed by atoms with Crippen LogP contribution in [0.25, 0.3) is 0 Å². The van der Waals surface area contributed by atoms with E-state index in [1.807, 2.05) is 4.90 Å². The van der Waals surface area contributed by atoms with Crippen molar-refractivity contribution >= 4 is 29.0 Å². The number of piperidine rings is 1. The number of anilines is 3. The molecule has 1 unspecified atom stereocenters. The van der Waals surface area contributed by atoms with E-state index in [2.05, 4.69) is 26.9 Å². The van der Waals surface area contributed by atoms with E-state index in [9.17, 15) is 14.9 Å². The Balaban J connectivity index is 1.90. The number of ether oxygens (including phenoxy) is 1. The number of methoxy groups -OCH3 is 1. The van der Waals surface area contributed by atoms with Crippen molar-refractivity contribution in [1.82, 2.24) is 9.97 Å². The average molecular weight is 371 g/mol. The summed E-state index contributed by atoms with van der Waals surface area (Å²) in [7, 11) is 1.31. The summed E-state index contributed by atoms with van der Waals surface area (Å²) >= 11 is 0. The first-order chi connectivity index (χ1) is 13.0. The number of esters is 1. The van der Waals surface area contributed by atoms with Crippen molar-refractivity contribution in [3.63, 3.8) is 0 Å². The van der Waals surface area contributed by atoms with Crippen molar-refractivity contribution in [2.24, 2.45) is 5.92 Å². The molecule has 0 spiro atoms. The Hall–Kier alpha value is -3.23. The molecule has 1 aliphatic rings. The summed E-state index contributed by atoms with van der Waals surface area (Å²) in [5.74, 6) is 0.455. The molecule has 1 atom stereocenters. The maximum absolute atomic E-state index is 11.7. The number of nitro groups is 1. The van der Waals surface area contributed by atoms with Gasteiger partial charge in [-0.25, -0.2) is 14.8 Å². The fourth-order valence-electron chi connectivity index (χ4n) is 3.19. The van der Waals surface area contributed by atoms with Gasteiger partial charge in [0.05, 0.1) is 17.6 Å². The molecule has 9 heteroatoms. The average Bonchev–Trinajstić information content (AvgIpc) is 2.67. The van der Waals surface area contributed by atoms with E-state index in [0.29, 0.717) is 23.0 Å². The molecule has 2 heterocycles. The standard InChI is InChI=1S/C18H21N5O4/c1-12-4-3-9-22(10-12)17-15(23(25)26)16(19-11-20-17)21-14-7-5-13(6-8-14)18(24)27-2/h5-8,11-12H,3-4,9-10H2,1-2H3,(H,19,20,21). The number of carbonyl (C=O) groups excluding carboxylic acids is 1. The minimum Gasteiger partial charge on any atom is -0.465 e. The number of rotatable bonds is 5. The first-order valence-corrected chi connectivity index (χ1v) is 8.69. The molecule has 0 bridgehead atoms. The number of hydrogen-bond donors (Lipinski definition) is 1. The van der Waals surface area contributed by atoms with Gasteiger partial charge in [0.1, 0.15) is 6.33 Å². The molecule has 0 amide bonds. The van der Waals surface area contributed by atoms with Gasteiger partial charge >= 0.3 is 11.7 Å². The van der Waals surface area contributed by atoms with E-state index in [-0.39, 0.29) is 11.5 Å². The van der Waals surface area contributed by atoms with Gasteiger partial charge in [0.2, 0.25) is 11.6 Å². The van der Waals surface area contributed by atoms with Crippen LogP contribution in [-0.2, 0) is 4.74 Å². The van der Waals surface area contributed by atoms with Crippen LogP contribution in [0.2, 0.25) is 0 Å². The highest BCUT2D eigenvalue weighted by atomic mass is 16.6. The normalized spacial score (nSPS) is 16.7. The Morgan fingerprint density at radius 3 is 2.70 bits per heavy atom. The Labute approximate surface area is 156 Å². The van der Waals surface area contributed by atoms with E-state index >= 15 is 0 Å². The lowest BCUT2D eigenvalue weighted by molar-refractivity contribution is -0.383. The number of nitrogens with one attached hydrogen (secondary N) is 1. The van der Waals surface area contributed by atoms with Crippen LogP contribution < -0.4 is 10.2 Å². The molecular formula is C18H21N5O4. The second-order valence-electron chi connectivity index (χ2n) is 6.54. The van der Waals surface area contributed by atoms with E-state index < -0.39 is 10.9 Å². The molecule has 1 aliphatic heterocycles. The molecule has 1 N–H and O–H groups in total. The van der Waals surface area contributed by atoms with Crippen molar-refractivity contribution in [1.29, 1.82) is 0 Å². The second-order valence-corrected chi connectivity index (χ2v) is 6.54. The summed E-state index contributed by atoms with van der Waals surface area (Å²) in [6, 6.07) is 6.43. The van der Waals surface area contributed by atoms with Crippen molar-refractivity contribution in [3.8, 4) is 0 Å². The number of hydrogen-bond acceptors (Lipinski definition) is 8. The van der Waals surface area contributed by atoms with Gasteiger partial charge in [-0.3, -0.25) is 10.1 Å². The van der Waals surface area contributed by atoms with Crippen molar-refractivity contribution in [3.05, 3.63) is 46.3 Å². The van der Waals surface area contributed by atoms with Crippen LogP contribution in [0.4, 0.5) is 23.0 Å². The minimum atomic E-state index is -0.459. The summed E-state index contributed by atoms with van der Waals surface area (Å²) in [4.78, 5) is 33.0. The van der Waals surface area contributed by atoms with Crippen LogP contribution in [0.3, 0.4) is 0 Å². The highest BCUT2D eigenvalue weighted by Gasteiger charge is 2.29. The zero-order valence-corrected chi connectivity index (χ0v) is 15.2. The van der Waals surface area contributed by atoms with Crippen LogP contribution in [0.5, 0.6) is 0 Å². The van der Waals surface area contributed by atoms with Gasteiger partial charge in [-0.15, -0.1) is 0 Å². The Morgan fingerprint density at radius 2 is 2.07 bits per heavy atom. The predicted molar refractivity (Wildman–Crippen MR) is 100 cm³/mol. The molecule has 3 rings (SSSR count). The summed E-state index contributed by atoms with van der Waals surface area (Å²) in [6.07, 6.45) is 3.40. The van der Waals surface area contributed by atoms with Gasteiger partial charge in [0.15, 0.2) is 0 Å². The minimum absolute atomic E-state index is 0.119. The van der Waals surface area contributed by atoms with E-state index in [0.717, 1.165) is 25.9 Å². The van der Waals surface area contributed by atoms with Crippen molar-refractivity contribution in [2.75, 3.05) is 30.4 Å². The van der Waals surface area contributed by atoms with Crippen molar-refractivity contribution in [2.45, 2.75) is 19.8 Å². The number of nitrogens with zero attached hydrogens (tertiary/aromatic N) is 4. The predicted octanol–water partition coefficient (Wildman–Crippen LogP) is 3.15. The number of carbonyl (C=O) groups is 1. The lowest BCUT2D eigenvalue weighted by atomic mass is 10.0. The molecule has 2 aromatic rings. The smallest absolute Gasteiger partial charge is 0.353 e. The fraction of sp³-hybridized carbons (Fsp3) is 0.389. The Kier molecular flexibility index (Phi) is 5.49. The molecule has 1 aromatic heterocycles. The van der Waals surface area contributed by atoms with Gasteiger partial charge in [-0.05, 0) is 43.0 Å². The van der Waals surface area contributed by atoms with Gasteiger partial charge in [-0.2, -0.15) is 0 Å². The third-order valence-electron chi connectivity index (χ3n) is 4.51. The van der Waals surface area contributed by atoms with E-state index in [1.165, 1.54) is 13.4 Å². The molecule has 0 aliphatic carbocycles. The Morgan fingerprint density at radius 1 is 1.33 bits per heavy atom. The largest absolute Gasteiger partial charge is 0.465 e. The zero-order chi connectivity index (χ0) is 19.4. The molecule has 0 radical (unpaired) electrons. The van der Waals surface area contributed by atoms with Crippen molar-refractivity contribution < 1.29 is 14.5 Å². The second kappa shape index (κ2) is 7.98. The van der Waals surface area contributed by atoms with Gasteiger partial charge in [0, 0.05) is 18.8 Å². The topological polar surface area (TPSA) is 110 Å². The quantitative estimate of drug-likeness (QED) is 0.485. The van der Waals surface area contributed by atoms with Gasteiger partial charge in [-0.1, -0.05) is 6.92 Å². The molecule has 1 fully saturated rings. The third kappa shape index (κ3) is 4.13. The number of aromatic nitrogens is 2. The molecule has 1 saturated heterocycles. The molecule has 9 nitrogen and oxygen atoms in total. The highest BCUT2D eigenvalue weighted by Crippen LogP contribution is 2.35. The number of benzene rings is 1. The molecule has 1 aromatic carbocycles. The summed E-state index contributed by atoms with van der Waals surface area (Å²) < 4.78 is 4.66. The van der Waals surface area contributed by atoms with Crippen LogP contribution in [0.15, 0.2) is 30.6 Å². The first kappa shape index (κ1) is 18.6. The van der Waals surface area contributed by atoms with Crippen LogP contribution in [0, 0.1) is 16.0 Å². The zero-order valence-electron chi connectivity index (χ0n) is 15.2. The maximum Gasteiger partial charge on any atom is 0.353 e. The molecule has 27 heavy (non-hydrogen) atoms. The summed E-state index contributed by atoms with van der Waals surface area (Å²) in [5, 5.41) is 14.7. The monoisotopic (exact) mass is 371 g/mol. The first-order valence-electron chi connectivity index (χ1n) is 8.69. The Bertz CT molecular complexity index is 840. The molecule has 142 valence electrons. The SMILES string of the molecule is COC(=O)c1ccc(Nc2ncnc(N3CCCC(C)C3)c2[N+](=O)[O-])cc1. The van der Waals surface area contributed by atoms with Gasteiger partial charge in [0.25, 0.3) is 0 Å². The van der Waals surface area contributed by atoms with Crippen LogP contribution in [0.1, 0.15) is 30.1 Å². The third-order valence-corrected chi connectivity index (χ3v) is 4.51. The summed E-state index contributed by atoms with van der Waals surface area (Å²) in [5.41, 5.74) is 0.814. The molecular weight excluding hydrogens is 350 g/mol. The lowest BCUT2D eigenvalue weighted by Gasteiger charge is -2.31. The van der Waals surface area contributed by atoms with Crippen LogP contribution in [-0.4, -0.2) is 41.1 Å². The highest BCUT2D eigenvalue weighted by molar-refractivity contribution is 5.89. The van der Waals surface area contributed by atoms with Crippen LogP contribution >= 0.6 is 0 Å². The molecule has 0 saturated carbocycles. The maximum atomic E-state index is 11.7. The fourth-order valence-corrected chi connectivity index (χ4v) is 3.19. The summed E-state index contributed by atoms with van der Waals surface area (Å²) in [6.45, 7) is 3.59.